The quantitative estimate of drug-likeness (QED) is 0.374. The van der Waals surface area contributed by atoms with Crippen LogP contribution in [0.5, 0.6) is 5.75 Å². The summed E-state index contributed by atoms with van der Waals surface area (Å²) in [5, 5.41) is 3.14. The molecular weight excluding hydrogens is 448 g/mol. The Morgan fingerprint density at radius 1 is 1.22 bits per heavy atom. The molecule has 0 saturated carbocycles. The van der Waals surface area contributed by atoms with Crippen LogP contribution in [0, 0.1) is 6.92 Å². The number of fused-ring (bicyclic) bond motifs is 2. The van der Waals surface area contributed by atoms with Gasteiger partial charge in [0.05, 0.1) is 29.3 Å². The standard InChI is InChI=1S/C24H19ClN2O4S/c1-3-9-30-16-6-4-5-14(10-16)20-19-21(28)17-11-15(25)7-8-18(17)31-22(19)23(29)27(20)24-26-13(2)12-32-24/h4-8,10-12,20H,3,9H2,1-2H3/t20-/m1/s1. The molecule has 8 heteroatoms. The zero-order chi connectivity index (χ0) is 22.4. The summed E-state index contributed by atoms with van der Waals surface area (Å²) in [5.41, 5.74) is 1.86. The number of halogens is 1. The lowest BCUT2D eigenvalue weighted by Gasteiger charge is -2.23. The minimum absolute atomic E-state index is 0.0301. The first-order valence-electron chi connectivity index (χ1n) is 10.2. The summed E-state index contributed by atoms with van der Waals surface area (Å²) in [6.07, 6.45) is 0.871. The van der Waals surface area contributed by atoms with E-state index in [9.17, 15) is 9.59 Å². The van der Waals surface area contributed by atoms with Crippen LogP contribution in [0.2, 0.25) is 5.02 Å². The number of thiazole rings is 1. The van der Waals surface area contributed by atoms with Crippen molar-refractivity contribution in [3.63, 3.8) is 0 Å². The van der Waals surface area contributed by atoms with Crippen molar-refractivity contribution >= 4 is 44.9 Å². The van der Waals surface area contributed by atoms with E-state index in [2.05, 4.69) is 4.98 Å². The van der Waals surface area contributed by atoms with Gasteiger partial charge >= 0.3 is 0 Å². The lowest BCUT2D eigenvalue weighted by Crippen LogP contribution is -2.29. The number of carbonyl (C=O) groups is 1. The van der Waals surface area contributed by atoms with Gasteiger partial charge in [-0.1, -0.05) is 30.7 Å². The maximum Gasteiger partial charge on any atom is 0.297 e. The Hall–Kier alpha value is -3.16. The van der Waals surface area contributed by atoms with E-state index in [0.717, 1.165) is 17.7 Å². The second kappa shape index (κ2) is 8.07. The Kier molecular flexibility index (Phi) is 5.23. The minimum atomic E-state index is -0.687. The van der Waals surface area contributed by atoms with E-state index in [-0.39, 0.29) is 16.8 Å². The van der Waals surface area contributed by atoms with Crippen molar-refractivity contribution in [3.05, 3.63) is 85.7 Å². The number of aryl methyl sites for hydroxylation is 1. The summed E-state index contributed by atoms with van der Waals surface area (Å²) in [6.45, 7) is 4.47. The first kappa shape index (κ1) is 20.7. The van der Waals surface area contributed by atoms with Gasteiger partial charge in [0.1, 0.15) is 11.3 Å². The van der Waals surface area contributed by atoms with Gasteiger partial charge in [0.15, 0.2) is 10.6 Å². The van der Waals surface area contributed by atoms with E-state index >= 15 is 0 Å². The monoisotopic (exact) mass is 466 g/mol. The number of hydrogen-bond acceptors (Lipinski definition) is 6. The summed E-state index contributed by atoms with van der Waals surface area (Å²) in [4.78, 5) is 33.2. The van der Waals surface area contributed by atoms with Crippen molar-refractivity contribution in [2.24, 2.45) is 0 Å². The highest BCUT2D eigenvalue weighted by atomic mass is 35.5. The fourth-order valence-electron chi connectivity index (χ4n) is 3.90. The molecule has 0 fully saturated rings. The second-order valence-corrected chi connectivity index (χ2v) is 8.86. The van der Waals surface area contributed by atoms with Crippen molar-refractivity contribution < 1.29 is 13.9 Å². The number of hydrogen-bond donors (Lipinski definition) is 0. The molecule has 6 nitrogen and oxygen atoms in total. The van der Waals surface area contributed by atoms with Crippen molar-refractivity contribution in [2.75, 3.05) is 11.5 Å². The van der Waals surface area contributed by atoms with Crippen LogP contribution in [-0.4, -0.2) is 17.5 Å². The van der Waals surface area contributed by atoms with Crippen LogP contribution in [0.1, 0.15) is 46.8 Å². The molecule has 0 radical (unpaired) electrons. The molecule has 162 valence electrons. The topological polar surface area (TPSA) is 72.6 Å². The van der Waals surface area contributed by atoms with Gasteiger partial charge in [0.2, 0.25) is 5.76 Å². The number of ether oxygens (including phenoxy) is 1. The maximum absolute atomic E-state index is 13.6. The van der Waals surface area contributed by atoms with Crippen LogP contribution >= 0.6 is 22.9 Å². The van der Waals surface area contributed by atoms with Crippen LogP contribution in [0.3, 0.4) is 0 Å². The fourth-order valence-corrected chi connectivity index (χ4v) is 4.90. The van der Waals surface area contributed by atoms with E-state index in [1.807, 2.05) is 43.5 Å². The maximum atomic E-state index is 13.6. The summed E-state index contributed by atoms with van der Waals surface area (Å²) < 4.78 is 11.7. The predicted molar refractivity (Wildman–Crippen MR) is 125 cm³/mol. The van der Waals surface area contributed by atoms with Crippen LogP contribution in [0.15, 0.2) is 57.1 Å². The smallest absolute Gasteiger partial charge is 0.297 e. The van der Waals surface area contributed by atoms with Crippen molar-refractivity contribution in [2.45, 2.75) is 26.3 Å². The molecule has 4 aromatic rings. The van der Waals surface area contributed by atoms with Crippen LogP contribution in [-0.2, 0) is 0 Å². The number of aromatic nitrogens is 1. The second-order valence-electron chi connectivity index (χ2n) is 7.58. The highest BCUT2D eigenvalue weighted by molar-refractivity contribution is 7.14. The lowest BCUT2D eigenvalue weighted by molar-refractivity contribution is 0.0971. The van der Waals surface area contributed by atoms with Crippen molar-refractivity contribution in [3.8, 4) is 5.75 Å². The summed E-state index contributed by atoms with van der Waals surface area (Å²) in [5.74, 6) is 0.310. The van der Waals surface area contributed by atoms with Crippen molar-refractivity contribution in [1.82, 2.24) is 4.98 Å². The molecule has 2 aromatic heterocycles. The number of amides is 1. The first-order valence-corrected chi connectivity index (χ1v) is 11.5. The average molecular weight is 467 g/mol. The third kappa shape index (κ3) is 3.38. The van der Waals surface area contributed by atoms with Gasteiger partial charge in [-0.25, -0.2) is 4.98 Å². The number of rotatable bonds is 5. The SMILES string of the molecule is CCCOc1cccc([C@@H]2c3c(oc4ccc(Cl)cc4c3=O)C(=O)N2c2nc(C)cs2)c1. The average Bonchev–Trinajstić information content (AvgIpc) is 3.34. The fraction of sp³-hybridized carbons (Fsp3) is 0.208. The van der Waals surface area contributed by atoms with E-state index in [1.165, 1.54) is 16.2 Å². The molecule has 0 N–H and O–H groups in total. The molecule has 2 aromatic carbocycles. The molecule has 3 heterocycles. The van der Waals surface area contributed by atoms with Gasteiger partial charge in [0.25, 0.3) is 5.91 Å². The molecule has 0 aliphatic carbocycles. The Labute approximate surface area is 193 Å². The summed E-state index contributed by atoms with van der Waals surface area (Å²) in [6, 6.07) is 11.6. The molecule has 0 saturated heterocycles. The Morgan fingerprint density at radius 2 is 2.06 bits per heavy atom. The van der Waals surface area contributed by atoms with Gasteiger partial charge in [-0.3, -0.25) is 14.5 Å². The van der Waals surface area contributed by atoms with Gasteiger partial charge in [0, 0.05) is 10.4 Å². The van der Waals surface area contributed by atoms with E-state index in [0.29, 0.717) is 33.5 Å². The molecular formula is C24H19ClN2O4S. The largest absolute Gasteiger partial charge is 0.494 e. The number of nitrogens with zero attached hydrogens (tertiary/aromatic N) is 2. The van der Waals surface area contributed by atoms with E-state index < -0.39 is 11.9 Å². The van der Waals surface area contributed by atoms with Gasteiger partial charge in [-0.2, -0.15) is 0 Å². The van der Waals surface area contributed by atoms with Crippen molar-refractivity contribution in [1.29, 1.82) is 0 Å². The molecule has 0 spiro atoms. The lowest BCUT2D eigenvalue weighted by atomic mass is 9.98. The Bertz CT molecular complexity index is 1410. The minimum Gasteiger partial charge on any atom is -0.494 e. The number of anilines is 1. The normalized spacial score (nSPS) is 15.4. The summed E-state index contributed by atoms with van der Waals surface area (Å²) >= 11 is 7.49. The third-order valence-electron chi connectivity index (χ3n) is 5.29. The zero-order valence-electron chi connectivity index (χ0n) is 17.4. The highest BCUT2D eigenvalue weighted by Gasteiger charge is 2.45. The number of benzene rings is 2. The van der Waals surface area contributed by atoms with Gasteiger partial charge in [-0.15, -0.1) is 11.3 Å². The Morgan fingerprint density at radius 3 is 2.81 bits per heavy atom. The van der Waals surface area contributed by atoms with Gasteiger partial charge < -0.3 is 9.15 Å². The van der Waals surface area contributed by atoms with Crippen LogP contribution in [0.25, 0.3) is 11.0 Å². The van der Waals surface area contributed by atoms with Gasteiger partial charge in [-0.05, 0) is 49.2 Å². The van der Waals surface area contributed by atoms with Crippen LogP contribution in [0.4, 0.5) is 5.13 Å². The molecule has 1 amide bonds. The molecule has 1 aliphatic heterocycles. The number of carbonyl (C=O) groups excluding carboxylic acids is 1. The molecule has 0 unspecified atom stereocenters. The predicted octanol–water partition coefficient (Wildman–Crippen LogP) is 5.75. The Balaban J connectivity index is 1.76. The molecule has 5 rings (SSSR count). The van der Waals surface area contributed by atoms with E-state index in [4.69, 9.17) is 20.8 Å². The molecule has 32 heavy (non-hydrogen) atoms. The molecule has 0 bridgehead atoms. The molecule has 1 aliphatic rings. The summed E-state index contributed by atoms with van der Waals surface area (Å²) in [7, 11) is 0. The first-order chi connectivity index (χ1) is 15.5. The van der Waals surface area contributed by atoms with E-state index in [1.54, 1.807) is 18.2 Å². The zero-order valence-corrected chi connectivity index (χ0v) is 19.0. The highest BCUT2D eigenvalue weighted by Crippen LogP contribution is 2.42. The third-order valence-corrected chi connectivity index (χ3v) is 6.48. The van der Waals surface area contributed by atoms with Crippen LogP contribution < -0.4 is 15.1 Å². The molecule has 1 atom stereocenters.